The molecule has 0 aliphatic heterocycles. The van der Waals surface area contributed by atoms with E-state index in [2.05, 4.69) is 10.3 Å². The van der Waals surface area contributed by atoms with Gasteiger partial charge in [-0.3, -0.25) is 9.59 Å². The molecule has 1 N–H and O–H groups in total. The molecule has 5 nitrogen and oxygen atoms in total. The van der Waals surface area contributed by atoms with Crippen LogP contribution in [0.4, 0.5) is 5.69 Å². The van der Waals surface area contributed by atoms with Gasteiger partial charge in [0.15, 0.2) is 5.16 Å². The summed E-state index contributed by atoms with van der Waals surface area (Å²) >= 11 is 8.73. The molecule has 144 valence electrons. The van der Waals surface area contributed by atoms with Crippen LogP contribution in [0.2, 0.25) is 5.02 Å². The molecule has 8 heteroatoms. The molecule has 3 aromatic rings. The van der Waals surface area contributed by atoms with Crippen molar-refractivity contribution in [3.8, 4) is 0 Å². The van der Waals surface area contributed by atoms with Crippen molar-refractivity contribution < 1.29 is 4.79 Å². The molecule has 0 aliphatic rings. The molecule has 1 heterocycles. The number of anilines is 1. The fraction of sp³-hybridized carbons (Fsp3) is 0.150. The van der Waals surface area contributed by atoms with Gasteiger partial charge in [0.05, 0.1) is 11.4 Å². The van der Waals surface area contributed by atoms with E-state index in [-0.39, 0.29) is 17.2 Å². The van der Waals surface area contributed by atoms with Crippen molar-refractivity contribution in [1.82, 2.24) is 9.55 Å². The first-order valence-electron chi connectivity index (χ1n) is 8.57. The van der Waals surface area contributed by atoms with Crippen molar-refractivity contribution in [2.24, 2.45) is 0 Å². The number of para-hydroxylation sites is 1. The number of thioether (sulfide) groups is 1. The van der Waals surface area contributed by atoms with E-state index in [9.17, 15) is 9.59 Å². The average molecular weight is 432 g/mol. The van der Waals surface area contributed by atoms with Gasteiger partial charge in [0.2, 0.25) is 5.91 Å². The molecule has 0 spiro atoms. The number of amides is 1. The quantitative estimate of drug-likeness (QED) is 0.430. The molecule has 0 saturated carbocycles. The first kappa shape index (κ1) is 20.5. The molecule has 0 unspecified atom stereocenters. The minimum atomic E-state index is -0.308. The maximum Gasteiger partial charge on any atom is 0.273 e. The Morgan fingerprint density at radius 3 is 2.64 bits per heavy atom. The molecule has 3 rings (SSSR count). The SMILES string of the molecule is CCn1ccc(=O)nc1SCC(=O)Nc1ccccc1Sc1ccc(Cl)cc1. The second-order valence-electron chi connectivity index (χ2n) is 5.72. The summed E-state index contributed by atoms with van der Waals surface area (Å²) in [6.07, 6.45) is 1.69. The molecule has 1 aromatic heterocycles. The van der Waals surface area contributed by atoms with Crippen LogP contribution in [-0.4, -0.2) is 21.2 Å². The van der Waals surface area contributed by atoms with E-state index in [1.165, 1.54) is 17.8 Å². The number of benzene rings is 2. The smallest absolute Gasteiger partial charge is 0.273 e. The largest absolute Gasteiger partial charge is 0.328 e. The predicted octanol–water partition coefficient (Wildman–Crippen LogP) is 4.80. The van der Waals surface area contributed by atoms with Crippen LogP contribution in [0.3, 0.4) is 0 Å². The van der Waals surface area contributed by atoms with E-state index in [1.54, 1.807) is 18.0 Å². The Balaban J connectivity index is 1.67. The zero-order valence-corrected chi connectivity index (χ0v) is 17.5. The number of hydrogen-bond acceptors (Lipinski definition) is 5. The Hall–Kier alpha value is -2.22. The van der Waals surface area contributed by atoms with E-state index < -0.39 is 0 Å². The van der Waals surface area contributed by atoms with Crippen LogP contribution in [0.1, 0.15) is 6.92 Å². The molecule has 28 heavy (non-hydrogen) atoms. The molecule has 0 radical (unpaired) electrons. The van der Waals surface area contributed by atoms with Crippen LogP contribution >= 0.6 is 35.1 Å². The molecular formula is C20H18ClN3O2S2. The maximum absolute atomic E-state index is 12.4. The Kier molecular flexibility index (Phi) is 7.19. The van der Waals surface area contributed by atoms with Gasteiger partial charge in [0.25, 0.3) is 5.56 Å². The monoisotopic (exact) mass is 431 g/mol. The Morgan fingerprint density at radius 1 is 1.14 bits per heavy atom. The van der Waals surface area contributed by atoms with Crippen molar-refractivity contribution in [2.45, 2.75) is 28.4 Å². The Labute approximate surface area is 176 Å². The van der Waals surface area contributed by atoms with E-state index >= 15 is 0 Å². The normalized spacial score (nSPS) is 10.6. The van der Waals surface area contributed by atoms with Crippen LogP contribution in [0.5, 0.6) is 0 Å². The highest BCUT2D eigenvalue weighted by atomic mass is 35.5. The van der Waals surface area contributed by atoms with Gasteiger partial charge in [-0.1, -0.05) is 47.3 Å². The number of carbonyl (C=O) groups excluding carboxylic acids is 1. The van der Waals surface area contributed by atoms with Gasteiger partial charge in [0.1, 0.15) is 0 Å². The zero-order valence-electron chi connectivity index (χ0n) is 15.1. The molecule has 0 saturated heterocycles. The molecule has 0 bridgehead atoms. The highest BCUT2D eigenvalue weighted by Gasteiger charge is 2.11. The first-order valence-corrected chi connectivity index (χ1v) is 10.8. The molecule has 0 atom stereocenters. The number of carbonyl (C=O) groups is 1. The third kappa shape index (κ3) is 5.64. The van der Waals surface area contributed by atoms with Gasteiger partial charge in [-0.15, -0.1) is 0 Å². The lowest BCUT2D eigenvalue weighted by atomic mass is 10.3. The summed E-state index contributed by atoms with van der Waals surface area (Å²) in [6.45, 7) is 2.64. The summed E-state index contributed by atoms with van der Waals surface area (Å²) in [5.41, 5.74) is 0.430. The lowest BCUT2D eigenvalue weighted by Crippen LogP contribution is -2.17. The first-order chi connectivity index (χ1) is 13.5. The fourth-order valence-corrected chi connectivity index (χ4v) is 4.24. The number of nitrogens with zero attached hydrogens (tertiary/aromatic N) is 2. The summed E-state index contributed by atoms with van der Waals surface area (Å²) in [6, 6.07) is 16.6. The second kappa shape index (κ2) is 9.82. The topological polar surface area (TPSA) is 64.0 Å². The van der Waals surface area contributed by atoms with E-state index in [0.717, 1.165) is 15.5 Å². The second-order valence-corrected chi connectivity index (χ2v) is 8.22. The summed E-state index contributed by atoms with van der Waals surface area (Å²) < 4.78 is 1.84. The average Bonchev–Trinajstić information content (AvgIpc) is 2.70. The van der Waals surface area contributed by atoms with Gasteiger partial charge in [-0.2, -0.15) is 4.98 Å². The standard InChI is InChI=1S/C20H18ClN3O2S2/c1-2-24-12-11-18(25)23-20(24)27-13-19(26)22-16-5-3-4-6-17(16)28-15-9-7-14(21)8-10-15/h3-12H,2,13H2,1H3,(H,22,26). The minimum absolute atomic E-state index is 0.157. The van der Waals surface area contributed by atoms with Crippen molar-refractivity contribution in [3.63, 3.8) is 0 Å². The van der Waals surface area contributed by atoms with Gasteiger partial charge < -0.3 is 9.88 Å². The van der Waals surface area contributed by atoms with E-state index in [0.29, 0.717) is 16.7 Å². The predicted molar refractivity (Wildman–Crippen MR) is 116 cm³/mol. The van der Waals surface area contributed by atoms with Crippen LogP contribution < -0.4 is 10.9 Å². The summed E-state index contributed by atoms with van der Waals surface area (Å²) in [7, 11) is 0. The molecule has 1 amide bonds. The lowest BCUT2D eigenvalue weighted by molar-refractivity contribution is -0.113. The van der Waals surface area contributed by atoms with Crippen molar-refractivity contribution >= 4 is 46.7 Å². The van der Waals surface area contributed by atoms with Gasteiger partial charge in [-0.25, -0.2) is 0 Å². The summed E-state index contributed by atoms with van der Waals surface area (Å²) in [5.74, 6) is 0.00560. The van der Waals surface area contributed by atoms with Crippen LogP contribution in [0.15, 0.2) is 80.5 Å². The highest BCUT2D eigenvalue weighted by molar-refractivity contribution is 8.00. The third-order valence-electron chi connectivity index (χ3n) is 3.72. The Morgan fingerprint density at radius 2 is 1.89 bits per heavy atom. The number of aromatic nitrogens is 2. The zero-order chi connectivity index (χ0) is 19.9. The van der Waals surface area contributed by atoms with Gasteiger partial charge in [0, 0.05) is 33.6 Å². The molecule has 2 aromatic carbocycles. The van der Waals surface area contributed by atoms with E-state index in [1.807, 2.05) is 60.0 Å². The number of halogens is 1. The highest BCUT2D eigenvalue weighted by Crippen LogP contribution is 2.34. The molecule has 0 fully saturated rings. The van der Waals surface area contributed by atoms with Gasteiger partial charge in [-0.05, 0) is 43.3 Å². The van der Waals surface area contributed by atoms with Crippen LogP contribution in [-0.2, 0) is 11.3 Å². The molecule has 0 aliphatic carbocycles. The minimum Gasteiger partial charge on any atom is -0.328 e. The van der Waals surface area contributed by atoms with E-state index in [4.69, 9.17) is 11.6 Å². The number of hydrogen-bond donors (Lipinski definition) is 1. The van der Waals surface area contributed by atoms with Crippen molar-refractivity contribution in [2.75, 3.05) is 11.1 Å². The van der Waals surface area contributed by atoms with Crippen LogP contribution in [0.25, 0.3) is 0 Å². The fourth-order valence-electron chi connectivity index (χ4n) is 2.37. The van der Waals surface area contributed by atoms with Crippen LogP contribution in [0, 0.1) is 0 Å². The number of aryl methyl sites for hydroxylation is 1. The summed E-state index contributed by atoms with van der Waals surface area (Å²) in [4.78, 5) is 29.9. The lowest BCUT2D eigenvalue weighted by Gasteiger charge is -2.12. The number of rotatable bonds is 7. The molecular weight excluding hydrogens is 414 g/mol. The summed E-state index contributed by atoms with van der Waals surface area (Å²) in [5, 5.41) is 4.16. The van der Waals surface area contributed by atoms with Crippen molar-refractivity contribution in [3.05, 3.63) is 76.2 Å². The maximum atomic E-state index is 12.4. The van der Waals surface area contributed by atoms with Gasteiger partial charge >= 0.3 is 0 Å². The Bertz CT molecular complexity index is 1020. The number of nitrogens with one attached hydrogen (secondary N) is 1. The third-order valence-corrected chi connectivity index (χ3v) is 6.05. The van der Waals surface area contributed by atoms with Crippen molar-refractivity contribution in [1.29, 1.82) is 0 Å².